The highest BCUT2D eigenvalue weighted by molar-refractivity contribution is 5.25. The first-order chi connectivity index (χ1) is 7.70. The Kier molecular flexibility index (Phi) is 3.65. The molecule has 0 amide bonds. The fourth-order valence-corrected chi connectivity index (χ4v) is 2.63. The number of rotatable bonds is 3. The molecule has 1 unspecified atom stereocenters. The monoisotopic (exact) mass is 217 g/mol. The molecule has 1 aromatic rings. The molecule has 0 bridgehead atoms. The molecule has 0 aliphatic carbocycles. The van der Waals surface area contributed by atoms with E-state index >= 15 is 0 Å². The van der Waals surface area contributed by atoms with E-state index in [2.05, 4.69) is 43.4 Å². The van der Waals surface area contributed by atoms with Gasteiger partial charge in [0.1, 0.15) is 0 Å². The van der Waals surface area contributed by atoms with Gasteiger partial charge in [0.2, 0.25) is 0 Å². The molecule has 1 heterocycles. The maximum Gasteiger partial charge on any atom is 0.0156 e. The second kappa shape index (κ2) is 5.01. The average molecular weight is 217 g/mol. The summed E-state index contributed by atoms with van der Waals surface area (Å²) < 4.78 is 0. The Morgan fingerprint density at radius 1 is 1.25 bits per heavy atom. The summed E-state index contributed by atoms with van der Waals surface area (Å²) in [5.41, 5.74) is 3.32. The van der Waals surface area contributed by atoms with E-state index in [1.165, 1.54) is 49.8 Å². The molecule has 0 radical (unpaired) electrons. The lowest BCUT2D eigenvalue weighted by atomic mass is 9.85. The van der Waals surface area contributed by atoms with E-state index < -0.39 is 0 Å². The molecule has 16 heavy (non-hydrogen) atoms. The Morgan fingerprint density at radius 2 is 2.06 bits per heavy atom. The fourth-order valence-electron chi connectivity index (χ4n) is 2.63. The van der Waals surface area contributed by atoms with Crippen LogP contribution < -0.4 is 5.32 Å². The van der Waals surface area contributed by atoms with Crippen LogP contribution in [0.4, 0.5) is 0 Å². The molecule has 1 saturated heterocycles. The van der Waals surface area contributed by atoms with Crippen LogP contribution in [-0.4, -0.2) is 12.1 Å². The molecule has 1 N–H and O–H groups in total. The molecule has 1 atom stereocenters. The topological polar surface area (TPSA) is 12.0 Å². The lowest BCUT2D eigenvalue weighted by Gasteiger charge is -2.35. The zero-order chi connectivity index (χ0) is 11.4. The van der Waals surface area contributed by atoms with Crippen LogP contribution >= 0.6 is 0 Å². The van der Waals surface area contributed by atoms with Gasteiger partial charge in [0.25, 0.3) is 0 Å². The zero-order valence-electron chi connectivity index (χ0n) is 10.6. The minimum Gasteiger partial charge on any atom is -0.312 e. The van der Waals surface area contributed by atoms with Crippen molar-refractivity contribution >= 4 is 0 Å². The molecule has 88 valence electrons. The van der Waals surface area contributed by atoms with Crippen molar-refractivity contribution in [3.63, 3.8) is 0 Å². The summed E-state index contributed by atoms with van der Waals surface area (Å²) in [6.07, 6.45) is 6.53. The minimum absolute atomic E-state index is 0.376. The first-order valence-electron chi connectivity index (χ1n) is 6.49. The van der Waals surface area contributed by atoms with Crippen LogP contribution in [0.3, 0.4) is 0 Å². The smallest absolute Gasteiger partial charge is 0.0156 e. The van der Waals surface area contributed by atoms with Gasteiger partial charge < -0.3 is 5.32 Å². The number of hydrogen-bond donors (Lipinski definition) is 1. The third kappa shape index (κ3) is 2.85. The first-order valence-corrected chi connectivity index (χ1v) is 6.49. The van der Waals surface area contributed by atoms with Crippen molar-refractivity contribution in [2.24, 2.45) is 0 Å². The third-order valence-electron chi connectivity index (χ3n) is 3.91. The molecular formula is C15H23N. The molecule has 0 saturated carbocycles. The van der Waals surface area contributed by atoms with Gasteiger partial charge in [-0.3, -0.25) is 0 Å². The molecular weight excluding hydrogens is 194 g/mol. The van der Waals surface area contributed by atoms with Crippen LogP contribution in [0.15, 0.2) is 24.3 Å². The molecule has 1 aliphatic heterocycles. The van der Waals surface area contributed by atoms with E-state index in [0.29, 0.717) is 5.54 Å². The number of aryl methyl sites for hydroxylation is 2. The van der Waals surface area contributed by atoms with Crippen LogP contribution in [-0.2, 0) is 6.42 Å². The zero-order valence-corrected chi connectivity index (χ0v) is 10.6. The molecule has 0 aromatic heterocycles. The van der Waals surface area contributed by atoms with Gasteiger partial charge in [0.05, 0.1) is 0 Å². The largest absolute Gasteiger partial charge is 0.312 e. The SMILES string of the molecule is Cc1ccccc1CCC1(C)CCCCN1. The summed E-state index contributed by atoms with van der Waals surface area (Å²) in [5, 5.41) is 3.69. The van der Waals surface area contributed by atoms with E-state index in [9.17, 15) is 0 Å². The van der Waals surface area contributed by atoms with Crippen molar-refractivity contribution in [2.75, 3.05) is 6.54 Å². The van der Waals surface area contributed by atoms with Crippen molar-refractivity contribution in [3.05, 3.63) is 35.4 Å². The Hall–Kier alpha value is -0.820. The number of benzene rings is 1. The Bertz CT molecular complexity index is 337. The van der Waals surface area contributed by atoms with Gasteiger partial charge in [-0.05, 0) is 57.2 Å². The maximum absolute atomic E-state index is 3.69. The number of hydrogen-bond acceptors (Lipinski definition) is 1. The van der Waals surface area contributed by atoms with Gasteiger partial charge >= 0.3 is 0 Å². The van der Waals surface area contributed by atoms with E-state index in [1.54, 1.807) is 0 Å². The summed E-state index contributed by atoms with van der Waals surface area (Å²) in [7, 11) is 0. The van der Waals surface area contributed by atoms with Gasteiger partial charge in [0.15, 0.2) is 0 Å². The van der Waals surface area contributed by atoms with Gasteiger partial charge in [0, 0.05) is 5.54 Å². The minimum atomic E-state index is 0.376. The lowest BCUT2D eigenvalue weighted by molar-refractivity contribution is 0.261. The second-order valence-corrected chi connectivity index (χ2v) is 5.37. The van der Waals surface area contributed by atoms with E-state index in [0.717, 1.165) is 0 Å². The predicted molar refractivity (Wildman–Crippen MR) is 69.8 cm³/mol. The van der Waals surface area contributed by atoms with E-state index in [1.807, 2.05) is 0 Å². The summed E-state index contributed by atoms with van der Waals surface area (Å²) in [6, 6.07) is 8.76. The summed E-state index contributed by atoms with van der Waals surface area (Å²) in [6.45, 7) is 5.79. The summed E-state index contributed by atoms with van der Waals surface area (Å²) >= 11 is 0. The maximum atomic E-state index is 3.69. The fraction of sp³-hybridized carbons (Fsp3) is 0.600. The van der Waals surface area contributed by atoms with Gasteiger partial charge in [-0.1, -0.05) is 30.7 Å². The molecule has 1 heteroatoms. The predicted octanol–water partition coefficient (Wildman–Crippen LogP) is 3.46. The Balaban J connectivity index is 1.94. The number of nitrogens with one attached hydrogen (secondary N) is 1. The lowest BCUT2D eigenvalue weighted by Crippen LogP contribution is -2.46. The van der Waals surface area contributed by atoms with Crippen molar-refractivity contribution < 1.29 is 0 Å². The molecule has 1 fully saturated rings. The molecule has 1 aliphatic rings. The summed E-state index contributed by atoms with van der Waals surface area (Å²) in [4.78, 5) is 0. The van der Waals surface area contributed by atoms with Gasteiger partial charge in [-0.25, -0.2) is 0 Å². The van der Waals surface area contributed by atoms with E-state index in [-0.39, 0.29) is 0 Å². The Labute approximate surface area is 99.3 Å². The quantitative estimate of drug-likeness (QED) is 0.817. The van der Waals surface area contributed by atoms with Crippen molar-refractivity contribution in [1.29, 1.82) is 0 Å². The van der Waals surface area contributed by atoms with Crippen LogP contribution in [0.25, 0.3) is 0 Å². The second-order valence-electron chi connectivity index (χ2n) is 5.37. The molecule has 1 aromatic carbocycles. The highest BCUT2D eigenvalue weighted by Gasteiger charge is 2.25. The summed E-state index contributed by atoms with van der Waals surface area (Å²) in [5.74, 6) is 0. The van der Waals surface area contributed by atoms with Crippen molar-refractivity contribution in [2.45, 2.75) is 51.5 Å². The van der Waals surface area contributed by atoms with Crippen LogP contribution in [0, 0.1) is 6.92 Å². The standard InChI is InChI=1S/C15H23N/c1-13-7-3-4-8-14(13)9-11-15(2)10-5-6-12-16-15/h3-4,7-8,16H,5-6,9-12H2,1-2H3. The highest BCUT2D eigenvalue weighted by Crippen LogP contribution is 2.24. The normalized spacial score (nSPS) is 25.6. The molecule has 2 rings (SSSR count). The van der Waals surface area contributed by atoms with Crippen molar-refractivity contribution in [1.82, 2.24) is 5.32 Å². The first kappa shape index (κ1) is 11.7. The van der Waals surface area contributed by atoms with Gasteiger partial charge in [-0.2, -0.15) is 0 Å². The molecule has 1 nitrogen and oxygen atoms in total. The van der Waals surface area contributed by atoms with Gasteiger partial charge in [-0.15, -0.1) is 0 Å². The number of piperidine rings is 1. The van der Waals surface area contributed by atoms with E-state index in [4.69, 9.17) is 0 Å². The third-order valence-corrected chi connectivity index (χ3v) is 3.91. The average Bonchev–Trinajstić information content (AvgIpc) is 2.29. The van der Waals surface area contributed by atoms with Crippen LogP contribution in [0.1, 0.15) is 43.7 Å². The Morgan fingerprint density at radius 3 is 2.75 bits per heavy atom. The van der Waals surface area contributed by atoms with Crippen LogP contribution in [0.5, 0.6) is 0 Å². The molecule has 0 spiro atoms. The van der Waals surface area contributed by atoms with Crippen LogP contribution in [0.2, 0.25) is 0 Å². The van der Waals surface area contributed by atoms with Crippen molar-refractivity contribution in [3.8, 4) is 0 Å². The highest BCUT2D eigenvalue weighted by atomic mass is 15.0.